The molecule has 1 aliphatic carbocycles. The van der Waals surface area contributed by atoms with Crippen LogP contribution in [0.1, 0.15) is 46.5 Å². The van der Waals surface area contributed by atoms with Gasteiger partial charge in [-0.3, -0.25) is 4.21 Å². The highest BCUT2D eigenvalue weighted by molar-refractivity contribution is 7.86. The second-order valence-corrected chi connectivity index (χ2v) is 8.39. The van der Waals surface area contributed by atoms with Crippen molar-refractivity contribution in [2.24, 2.45) is 0 Å². The maximum Gasteiger partial charge on any atom is 0.315 e. The molecule has 19 heavy (non-hydrogen) atoms. The summed E-state index contributed by atoms with van der Waals surface area (Å²) in [7, 11) is -0.941. The van der Waals surface area contributed by atoms with Gasteiger partial charge in [-0.05, 0) is 46.5 Å². The number of hydrogen-bond donors (Lipinski definition) is 3. The SMILES string of the molecule is CC(C)(C)S(=O)CCNC(=O)NC1CCC(O)CC1. The zero-order valence-electron chi connectivity index (χ0n) is 12.1. The lowest BCUT2D eigenvalue weighted by molar-refractivity contribution is 0.117. The Hall–Kier alpha value is -0.620. The normalized spacial score (nSPS) is 25.7. The van der Waals surface area contributed by atoms with Crippen LogP contribution < -0.4 is 10.6 Å². The minimum Gasteiger partial charge on any atom is -0.393 e. The quantitative estimate of drug-likeness (QED) is 0.726. The zero-order valence-corrected chi connectivity index (χ0v) is 12.9. The van der Waals surface area contributed by atoms with Gasteiger partial charge in [0.05, 0.1) is 6.10 Å². The third kappa shape index (κ3) is 6.38. The van der Waals surface area contributed by atoms with Gasteiger partial charge in [-0.2, -0.15) is 0 Å². The molecule has 0 spiro atoms. The molecule has 0 aromatic heterocycles. The first-order valence-corrected chi connectivity index (χ1v) is 8.22. The Morgan fingerprint density at radius 2 is 1.84 bits per heavy atom. The summed E-state index contributed by atoms with van der Waals surface area (Å²) in [6, 6.07) is -0.0520. The number of nitrogens with one attached hydrogen (secondary N) is 2. The molecule has 5 nitrogen and oxygen atoms in total. The molecular formula is C13H26N2O3S. The van der Waals surface area contributed by atoms with Gasteiger partial charge in [0.1, 0.15) is 0 Å². The average molecular weight is 290 g/mol. The monoisotopic (exact) mass is 290 g/mol. The fraction of sp³-hybridized carbons (Fsp3) is 0.923. The molecule has 1 unspecified atom stereocenters. The molecule has 0 aromatic rings. The second-order valence-electron chi connectivity index (χ2n) is 6.07. The lowest BCUT2D eigenvalue weighted by Gasteiger charge is -2.26. The topological polar surface area (TPSA) is 78.4 Å². The summed E-state index contributed by atoms with van der Waals surface area (Å²) in [4.78, 5) is 11.6. The highest BCUT2D eigenvalue weighted by Crippen LogP contribution is 2.18. The molecule has 3 N–H and O–H groups in total. The van der Waals surface area contributed by atoms with E-state index in [1.165, 1.54) is 0 Å². The van der Waals surface area contributed by atoms with Gasteiger partial charge in [-0.15, -0.1) is 0 Å². The third-order valence-electron chi connectivity index (χ3n) is 3.29. The van der Waals surface area contributed by atoms with Gasteiger partial charge in [0.15, 0.2) is 0 Å². The van der Waals surface area contributed by atoms with Crippen LogP contribution in [0.15, 0.2) is 0 Å². The molecule has 6 heteroatoms. The molecule has 0 radical (unpaired) electrons. The molecule has 0 aromatic carbocycles. The molecule has 1 aliphatic rings. The van der Waals surface area contributed by atoms with E-state index in [0.29, 0.717) is 12.3 Å². The molecular weight excluding hydrogens is 264 g/mol. The predicted octanol–water partition coefficient (Wildman–Crippen LogP) is 1.14. The van der Waals surface area contributed by atoms with Crippen molar-refractivity contribution in [3.05, 3.63) is 0 Å². The van der Waals surface area contributed by atoms with Crippen LogP contribution in [-0.2, 0) is 10.8 Å². The van der Waals surface area contributed by atoms with Gasteiger partial charge >= 0.3 is 6.03 Å². The van der Waals surface area contributed by atoms with Crippen LogP contribution in [0.3, 0.4) is 0 Å². The van der Waals surface area contributed by atoms with Gasteiger partial charge in [-0.25, -0.2) is 4.79 Å². The summed E-state index contributed by atoms with van der Waals surface area (Å²) in [6.45, 7) is 6.20. The van der Waals surface area contributed by atoms with E-state index in [-0.39, 0.29) is 22.9 Å². The fourth-order valence-corrected chi connectivity index (χ4v) is 2.92. The van der Waals surface area contributed by atoms with Crippen molar-refractivity contribution in [1.29, 1.82) is 0 Å². The van der Waals surface area contributed by atoms with E-state index in [9.17, 15) is 14.1 Å². The van der Waals surface area contributed by atoms with Crippen molar-refractivity contribution in [1.82, 2.24) is 10.6 Å². The second kappa shape index (κ2) is 7.24. The Bertz CT molecular complexity index is 320. The highest BCUT2D eigenvalue weighted by atomic mass is 32.2. The van der Waals surface area contributed by atoms with E-state index in [1.807, 2.05) is 20.8 Å². The Morgan fingerprint density at radius 3 is 2.37 bits per heavy atom. The van der Waals surface area contributed by atoms with Gasteiger partial charge in [0.2, 0.25) is 0 Å². The van der Waals surface area contributed by atoms with Gasteiger partial charge in [0, 0.05) is 33.9 Å². The minimum atomic E-state index is -0.941. The molecule has 1 fully saturated rings. The lowest BCUT2D eigenvalue weighted by Crippen LogP contribution is -2.45. The number of aliphatic hydroxyl groups is 1. The predicted molar refractivity (Wildman–Crippen MR) is 77.6 cm³/mol. The Labute approximate surface area is 118 Å². The van der Waals surface area contributed by atoms with Gasteiger partial charge in [-0.1, -0.05) is 0 Å². The first-order valence-electron chi connectivity index (χ1n) is 6.90. The number of carbonyl (C=O) groups is 1. The minimum absolute atomic E-state index is 0.150. The van der Waals surface area contributed by atoms with E-state index in [1.54, 1.807) is 0 Å². The molecule has 0 saturated heterocycles. The van der Waals surface area contributed by atoms with Gasteiger partial charge in [0.25, 0.3) is 0 Å². The van der Waals surface area contributed by atoms with Crippen molar-refractivity contribution >= 4 is 16.8 Å². The van der Waals surface area contributed by atoms with Crippen molar-refractivity contribution in [3.8, 4) is 0 Å². The van der Waals surface area contributed by atoms with Crippen molar-refractivity contribution < 1.29 is 14.1 Å². The standard InChI is InChI=1S/C13H26N2O3S/c1-13(2,3)19(18)9-8-14-12(17)15-10-4-6-11(16)7-5-10/h10-11,16H,4-9H2,1-3H3,(H2,14,15,17). The summed E-state index contributed by atoms with van der Waals surface area (Å²) in [5.74, 6) is 0.473. The van der Waals surface area contributed by atoms with Crippen molar-refractivity contribution in [3.63, 3.8) is 0 Å². The molecule has 1 saturated carbocycles. The van der Waals surface area contributed by atoms with Crippen LogP contribution in [0.25, 0.3) is 0 Å². The van der Waals surface area contributed by atoms with Gasteiger partial charge < -0.3 is 15.7 Å². The summed E-state index contributed by atoms with van der Waals surface area (Å²) >= 11 is 0. The molecule has 1 rings (SSSR count). The fourth-order valence-electron chi connectivity index (χ4n) is 2.02. The Balaban J connectivity index is 2.16. The first kappa shape index (κ1) is 16.4. The molecule has 0 bridgehead atoms. The maximum atomic E-state index is 11.8. The average Bonchev–Trinajstić information content (AvgIpc) is 2.31. The highest BCUT2D eigenvalue weighted by Gasteiger charge is 2.21. The number of aliphatic hydroxyl groups excluding tert-OH is 1. The zero-order chi connectivity index (χ0) is 14.5. The van der Waals surface area contributed by atoms with E-state index in [4.69, 9.17) is 0 Å². The van der Waals surface area contributed by atoms with Crippen LogP contribution in [0.5, 0.6) is 0 Å². The van der Waals surface area contributed by atoms with Crippen LogP contribution in [-0.4, -0.2) is 44.5 Å². The number of carbonyl (C=O) groups excluding carboxylic acids is 1. The summed E-state index contributed by atoms with van der Waals surface area (Å²) in [5, 5.41) is 15.0. The summed E-state index contributed by atoms with van der Waals surface area (Å²) < 4.78 is 11.5. The molecule has 2 amide bonds. The lowest BCUT2D eigenvalue weighted by atomic mass is 9.93. The summed E-state index contributed by atoms with van der Waals surface area (Å²) in [6.07, 6.45) is 2.93. The summed E-state index contributed by atoms with van der Waals surface area (Å²) in [5.41, 5.74) is 0. The largest absolute Gasteiger partial charge is 0.393 e. The number of amides is 2. The van der Waals surface area contributed by atoms with E-state index < -0.39 is 10.8 Å². The smallest absolute Gasteiger partial charge is 0.315 e. The van der Waals surface area contributed by atoms with Crippen molar-refractivity contribution in [2.75, 3.05) is 12.3 Å². The van der Waals surface area contributed by atoms with Crippen LogP contribution in [0, 0.1) is 0 Å². The number of urea groups is 1. The Morgan fingerprint density at radius 1 is 1.26 bits per heavy atom. The number of hydrogen-bond acceptors (Lipinski definition) is 3. The van der Waals surface area contributed by atoms with E-state index in [0.717, 1.165) is 25.7 Å². The van der Waals surface area contributed by atoms with Crippen LogP contribution >= 0.6 is 0 Å². The number of rotatable bonds is 4. The molecule has 0 aliphatic heterocycles. The maximum absolute atomic E-state index is 11.8. The van der Waals surface area contributed by atoms with E-state index in [2.05, 4.69) is 10.6 Å². The van der Waals surface area contributed by atoms with Crippen LogP contribution in [0.2, 0.25) is 0 Å². The van der Waals surface area contributed by atoms with E-state index >= 15 is 0 Å². The van der Waals surface area contributed by atoms with Crippen LogP contribution in [0.4, 0.5) is 4.79 Å². The van der Waals surface area contributed by atoms with Crippen molar-refractivity contribution in [2.45, 2.75) is 63.3 Å². The first-order chi connectivity index (χ1) is 8.79. The third-order valence-corrected chi connectivity index (χ3v) is 5.23. The molecule has 1 atom stereocenters. The Kier molecular flexibility index (Phi) is 6.26. The molecule has 112 valence electrons. The molecule has 0 heterocycles.